The number of hydrogen-bond donors (Lipinski definition) is 1. The highest BCUT2D eigenvalue weighted by atomic mass is 32.2. The first-order valence-corrected chi connectivity index (χ1v) is 5.92. The molecule has 2 rings (SSSR count). The number of aromatic nitrogens is 1. The minimum atomic E-state index is -0.830. The van der Waals surface area contributed by atoms with Crippen molar-refractivity contribution < 1.29 is 8.78 Å². The summed E-state index contributed by atoms with van der Waals surface area (Å²) in [5, 5.41) is 0. The molecule has 0 aliphatic rings. The smallest absolute Gasteiger partial charge is 0.159 e. The molecule has 0 saturated carbocycles. The van der Waals surface area contributed by atoms with Crippen LogP contribution in [0.15, 0.2) is 41.4 Å². The van der Waals surface area contributed by atoms with Gasteiger partial charge in [0.25, 0.3) is 0 Å². The van der Waals surface area contributed by atoms with E-state index in [0.717, 1.165) is 11.6 Å². The molecule has 2 aromatic rings. The summed E-state index contributed by atoms with van der Waals surface area (Å²) in [6, 6.07) is 7.42. The van der Waals surface area contributed by atoms with Gasteiger partial charge in [-0.3, -0.25) is 0 Å². The lowest BCUT2D eigenvalue weighted by Crippen LogP contribution is -1.90. The summed E-state index contributed by atoms with van der Waals surface area (Å²) in [4.78, 5) is 4.63. The Balaban J connectivity index is 2.02. The molecule has 1 aromatic carbocycles. The molecule has 0 atom stereocenters. The first-order chi connectivity index (χ1) is 8.15. The quantitative estimate of drug-likeness (QED) is 0.852. The number of nitrogens with two attached hydrogens (primary N) is 1. The summed E-state index contributed by atoms with van der Waals surface area (Å²) < 4.78 is 25.6. The second-order valence-corrected chi connectivity index (χ2v) is 4.50. The molecule has 0 aliphatic heterocycles. The Morgan fingerprint density at radius 2 is 1.94 bits per heavy atom. The summed E-state index contributed by atoms with van der Waals surface area (Å²) in [6.45, 7) is 0. The van der Waals surface area contributed by atoms with Crippen molar-refractivity contribution in [3.63, 3.8) is 0 Å². The third-order valence-corrected chi connectivity index (χ3v) is 3.21. The highest BCUT2D eigenvalue weighted by molar-refractivity contribution is 7.98. The number of hydrogen-bond acceptors (Lipinski definition) is 3. The third-order valence-electron chi connectivity index (χ3n) is 2.14. The Morgan fingerprint density at radius 1 is 1.12 bits per heavy atom. The molecule has 0 spiro atoms. The van der Waals surface area contributed by atoms with E-state index in [1.165, 1.54) is 17.8 Å². The van der Waals surface area contributed by atoms with Crippen LogP contribution in [-0.4, -0.2) is 4.98 Å². The fourth-order valence-electron chi connectivity index (χ4n) is 1.25. The van der Waals surface area contributed by atoms with Gasteiger partial charge in [0.05, 0.1) is 0 Å². The lowest BCUT2D eigenvalue weighted by atomic mass is 10.3. The van der Waals surface area contributed by atoms with Crippen molar-refractivity contribution >= 4 is 17.6 Å². The van der Waals surface area contributed by atoms with E-state index in [1.807, 2.05) is 6.07 Å². The SMILES string of the molecule is Nc1ccc(CSc2ccc(F)c(F)c2)cn1. The van der Waals surface area contributed by atoms with Crippen molar-refractivity contribution in [3.05, 3.63) is 53.7 Å². The fourth-order valence-corrected chi connectivity index (χ4v) is 2.11. The van der Waals surface area contributed by atoms with Gasteiger partial charge in [-0.1, -0.05) is 6.07 Å². The van der Waals surface area contributed by atoms with E-state index in [-0.39, 0.29) is 0 Å². The second kappa shape index (κ2) is 5.14. The van der Waals surface area contributed by atoms with Crippen LogP contribution >= 0.6 is 11.8 Å². The van der Waals surface area contributed by atoms with E-state index in [9.17, 15) is 8.78 Å². The van der Waals surface area contributed by atoms with Crippen LogP contribution in [0.25, 0.3) is 0 Å². The molecule has 17 heavy (non-hydrogen) atoms. The minimum absolute atomic E-state index is 0.464. The fraction of sp³-hybridized carbons (Fsp3) is 0.0833. The Kier molecular flexibility index (Phi) is 3.58. The molecule has 1 aromatic heterocycles. The van der Waals surface area contributed by atoms with E-state index in [1.54, 1.807) is 18.3 Å². The van der Waals surface area contributed by atoms with Gasteiger partial charge >= 0.3 is 0 Å². The lowest BCUT2D eigenvalue weighted by Gasteiger charge is -2.02. The molecular weight excluding hydrogens is 242 g/mol. The van der Waals surface area contributed by atoms with Gasteiger partial charge in [0.2, 0.25) is 0 Å². The topological polar surface area (TPSA) is 38.9 Å². The van der Waals surface area contributed by atoms with E-state index in [0.29, 0.717) is 16.5 Å². The van der Waals surface area contributed by atoms with Gasteiger partial charge in [0, 0.05) is 16.8 Å². The predicted molar refractivity (Wildman–Crippen MR) is 64.6 cm³/mol. The zero-order chi connectivity index (χ0) is 12.3. The van der Waals surface area contributed by atoms with Gasteiger partial charge in [0.15, 0.2) is 11.6 Å². The maximum atomic E-state index is 12.9. The van der Waals surface area contributed by atoms with E-state index in [2.05, 4.69) is 4.98 Å². The van der Waals surface area contributed by atoms with Crippen LogP contribution in [0, 0.1) is 11.6 Å². The molecule has 88 valence electrons. The number of thioether (sulfide) groups is 1. The van der Waals surface area contributed by atoms with Crippen molar-refractivity contribution in [2.45, 2.75) is 10.6 Å². The molecule has 0 radical (unpaired) electrons. The monoisotopic (exact) mass is 252 g/mol. The molecule has 0 saturated heterocycles. The zero-order valence-electron chi connectivity index (χ0n) is 8.86. The number of nitrogens with zero attached hydrogens (tertiary/aromatic N) is 1. The average Bonchev–Trinajstić information content (AvgIpc) is 2.33. The summed E-state index contributed by atoms with van der Waals surface area (Å²) in [7, 11) is 0. The molecule has 2 nitrogen and oxygen atoms in total. The maximum absolute atomic E-state index is 12.9. The van der Waals surface area contributed by atoms with Gasteiger partial charge in [-0.15, -0.1) is 11.8 Å². The summed E-state index contributed by atoms with van der Waals surface area (Å²) in [5.41, 5.74) is 6.44. The first-order valence-electron chi connectivity index (χ1n) is 4.93. The average molecular weight is 252 g/mol. The molecule has 0 unspecified atom stereocenters. The van der Waals surface area contributed by atoms with Crippen molar-refractivity contribution in [3.8, 4) is 0 Å². The standard InChI is InChI=1S/C12H10F2N2S/c13-10-3-2-9(5-11(10)14)17-7-8-1-4-12(15)16-6-8/h1-6H,7H2,(H2,15,16). The summed E-state index contributed by atoms with van der Waals surface area (Å²) in [5.74, 6) is -0.557. The van der Waals surface area contributed by atoms with Crippen LogP contribution in [0.3, 0.4) is 0 Å². The molecule has 0 fully saturated rings. The van der Waals surface area contributed by atoms with Gasteiger partial charge in [-0.05, 0) is 29.8 Å². The van der Waals surface area contributed by atoms with Crippen LogP contribution in [-0.2, 0) is 5.75 Å². The Labute approximate surface area is 102 Å². The third kappa shape index (κ3) is 3.17. The molecule has 2 N–H and O–H groups in total. The van der Waals surface area contributed by atoms with Crippen LogP contribution in [0.1, 0.15) is 5.56 Å². The molecule has 0 bridgehead atoms. The van der Waals surface area contributed by atoms with Crippen LogP contribution in [0.5, 0.6) is 0 Å². The van der Waals surface area contributed by atoms with Crippen molar-refractivity contribution in [1.82, 2.24) is 4.98 Å². The van der Waals surface area contributed by atoms with Crippen LogP contribution in [0.4, 0.5) is 14.6 Å². The highest BCUT2D eigenvalue weighted by Crippen LogP contribution is 2.24. The molecule has 0 aliphatic carbocycles. The van der Waals surface area contributed by atoms with E-state index < -0.39 is 11.6 Å². The second-order valence-electron chi connectivity index (χ2n) is 3.46. The van der Waals surface area contributed by atoms with Crippen molar-refractivity contribution in [1.29, 1.82) is 0 Å². The normalized spacial score (nSPS) is 10.5. The first kappa shape index (κ1) is 11.9. The Bertz CT molecular complexity index is 514. The van der Waals surface area contributed by atoms with Crippen molar-refractivity contribution in [2.24, 2.45) is 0 Å². The zero-order valence-corrected chi connectivity index (χ0v) is 9.68. The van der Waals surface area contributed by atoms with E-state index >= 15 is 0 Å². The van der Waals surface area contributed by atoms with Crippen LogP contribution in [0.2, 0.25) is 0 Å². The van der Waals surface area contributed by atoms with Gasteiger partial charge in [0.1, 0.15) is 5.82 Å². The van der Waals surface area contributed by atoms with Gasteiger partial charge in [-0.25, -0.2) is 13.8 Å². The van der Waals surface area contributed by atoms with E-state index in [4.69, 9.17) is 5.73 Å². The number of nitrogen functional groups attached to an aromatic ring is 1. The number of benzene rings is 1. The van der Waals surface area contributed by atoms with Crippen LogP contribution < -0.4 is 5.73 Å². The minimum Gasteiger partial charge on any atom is -0.384 e. The number of halogens is 2. The van der Waals surface area contributed by atoms with Crippen molar-refractivity contribution in [2.75, 3.05) is 5.73 Å². The largest absolute Gasteiger partial charge is 0.384 e. The summed E-state index contributed by atoms with van der Waals surface area (Å²) >= 11 is 1.41. The number of rotatable bonds is 3. The lowest BCUT2D eigenvalue weighted by molar-refractivity contribution is 0.506. The van der Waals surface area contributed by atoms with Gasteiger partial charge < -0.3 is 5.73 Å². The highest BCUT2D eigenvalue weighted by Gasteiger charge is 2.03. The molecule has 0 amide bonds. The van der Waals surface area contributed by atoms with Gasteiger partial charge in [-0.2, -0.15) is 0 Å². The number of anilines is 1. The number of pyridine rings is 1. The Morgan fingerprint density at radius 3 is 2.59 bits per heavy atom. The molecular formula is C12H10F2N2S. The molecule has 1 heterocycles. The Hall–Kier alpha value is -1.62. The summed E-state index contributed by atoms with van der Waals surface area (Å²) in [6.07, 6.45) is 1.67. The maximum Gasteiger partial charge on any atom is 0.159 e. The molecule has 5 heteroatoms. The predicted octanol–water partition coefficient (Wildman–Crippen LogP) is 3.23.